The van der Waals surface area contributed by atoms with Crippen LogP contribution in [0.1, 0.15) is 28.7 Å². The lowest BCUT2D eigenvalue weighted by Gasteiger charge is -2.08. The lowest BCUT2D eigenvalue weighted by atomic mass is 10.2. The van der Waals surface area contributed by atoms with Crippen LogP contribution in [0, 0.1) is 11.3 Å². The molecule has 0 bridgehead atoms. The third-order valence-electron chi connectivity index (χ3n) is 3.06. The number of nitrogens with one attached hydrogen (secondary N) is 1. The molecule has 0 atom stereocenters. The lowest BCUT2D eigenvalue weighted by molar-refractivity contribution is 0.101. The van der Waals surface area contributed by atoms with Gasteiger partial charge in [-0.2, -0.15) is 10.4 Å². The van der Waals surface area contributed by atoms with Gasteiger partial charge in [0.15, 0.2) is 0 Å². The number of hydrogen-bond acceptors (Lipinski definition) is 4. The molecule has 3 N–H and O–H groups in total. The van der Waals surface area contributed by atoms with Crippen LogP contribution in [0.15, 0.2) is 18.2 Å². The number of nitrogens with two attached hydrogens (primary N) is 1. The van der Waals surface area contributed by atoms with Crippen LogP contribution < -0.4 is 11.1 Å². The second-order valence-electron chi connectivity index (χ2n) is 4.44. The van der Waals surface area contributed by atoms with E-state index in [-0.39, 0.29) is 5.69 Å². The van der Waals surface area contributed by atoms with E-state index in [2.05, 4.69) is 10.4 Å². The number of aryl methyl sites for hydroxylation is 2. The molecular weight excluding hydrogens is 290 g/mol. The SMILES string of the molecule is CCc1nn(C)c(C(=O)Nc2cc(Cl)ccc2C#N)c1N. The molecule has 2 rings (SSSR count). The Hall–Kier alpha value is -2.52. The highest BCUT2D eigenvalue weighted by Crippen LogP contribution is 2.23. The first-order chi connectivity index (χ1) is 9.97. The van der Waals surface area contributed by atoms with E-state index in [1.165, 1.54) is 10.7 Å². The summed E-state index contributed by atoms with van der Waals surface area (Å²) >= 11 is 5.89. The molecule has 21 heavy (non-hydrogen) atoms. The van der Waals surface area contributed by atoms with Crippen LogP contribution in [0.4, 0.5) is 11.4 Å². The maximum Gasteiger partial charge on any atom is 0.276 e. The molecule has 1 aromatic heterocycles. The zero-order valence-corrected chi connectivity index (χ0v) is 12.4. The Bertz CT molecular complexity index is 745. The lowest BCUT2D eigenvalue weighted by Crippen LogP contribution is -2.18. The smallest absolute Gasteiger partial charge is 0.276 e. The maximum atomic E-state index is 12.4. The highest BCUT2D eigenvalue weighted by atomic mass is 35.5. The van der Waals surface area contributed by atoms with E-state index < -0.39 is 5.91 Å². The average Bonchev–Trinajstić information content (AvgIpc) is 2.73. The van der Waals surface area contributed by atoms with Gasteiger partial charge in [0.05, 0.1) is 22.6 Å². The van der Waals surface area contributed by atoms with Crippen LogP contribution >= 0.6 is 11.6 Å². The molecule has 0 saturated heterocycles. The van der Waals surface area contributed by atoms with Crippen molar-refractivity contribution in [1.29, 1.82) is 5.26 Å². The number of nitrogens with zero attached hydrogens (tertiary/aromatic N) is 3. The van der Waals surface area contributed by atoms with Crippen molar-refractivity contribution in [1.82, 2.24) is 9.78 Å². The number of nitriles is 1. The van der Waals surface area contributed by atoms with Crippen molar-refractivity contribution in [2.75, 3.05) is 11.1 Å². The Kier molecular flexibility index (Phi) is 4.15. The van der Waals surface area contributed by atoms with E-state index in [1.54, 1.807) is 19.2 Å². The summed E-state index contributed by atoms with van der Waals surface area (Å²) in [4.78, 5) is 12.4. The summed E-state index contributed by atoms with van der Waals surface area (Å²) in [5.41, 5.74) is 7.87. The second-order valence-corrected chi connectivity index (χ2v) is 4.88. The normalized spacial score (nSPS) is 10.2. The van der Waals surface area contributed by atoms with Crippen LogP contribution in [-0.4, -0.2) is 15.7 Å². The van der Waals surface area contributed by atoms with E-state index >= 15 is 0 Å². The van der Waals surface area contributed by atoms with E-state index in [9.17, 15) is 4.79 Å². The standard InChI is InChI=1S/C14H14ClN5O/c1-3-10-12(17)13(20(2)19-10)14(21)18-11-6-9(15)5-4-8(11)7-16/h4-6H,3,17H2,1-2H3,(H,18,21). The molecule has 0 spiro atoms. The molecule has 0 aliphatic rings. The van der Waals surface area contributed by atoms with Gasteiger partial charge in [-0.1, -0.05) is 18.5 Å². The fourth-order valence-corrected chi connectivity index (χ4v) is 2.20. The number of carbonyl (C=O) groups is 1. The molecule has 2 aromatic rings. The van der Waals surface area contributed by atoms with Crippen LogP contribution in [0.5, 0.6) is 0 Å². The van der Waals surface area contributed by atoms with E-state index in [0.29, 0.717) is 34.1 Å². The average molecular weight is 304 g/mol. The van der Waals surface area contributed by atoms with Crippen molar-refractivity contribution in [3.63, 3.8) is 0 Å². The van der Waals surface area contributed by atoms with Gasteiger partial charge in [-0.15, -0.1) is 0 Å². The molecule has 1 aromatic carbocycles. The number of benzene rings is 1. The topological polar surface area (TPSA) is 96.7 Å². The summed E-state index contributed by atoms with van der Waals surface area (Å²) in [6.07, 6.45) is 0.633. The van der Waals surface area contributed by atoms with Crippen LogP contribution in [0.25, 0.3) is 0 Å². The molecule has 6 nitrogen and oxygen atoms in total. The number of carbonyl (C=O) groups excluding carboxylic acids is 1. The minimum atomic E-state index is -0.430. The summed E-state index contributed by atoms with van der Waals surface area (Å²) in [5.74, 6) is -0.430. The van der Waals surface area contributed by atoms with Crippen molar-refractivity contribution in [3.05, 3.63) is 40.2 Å². The molecule has 7 heteroatoms. The quantitative estimate of drug-likeness (QED) is 0.909. The Morgan fingerprint density at radius 2 is 2.29 bits per heavy atom. The Labute approximate surface area is 127 Å². The summed E-state index contributed by atoms with van der Waals surface area (Å²) in [6, 6.07) is 6.65. The molecule has 1 heterocycles. The summed E-state index contributed by atoms with van der Waals surface area (Å²) in [7, 11) is 1.65. The third kappa shape index (κ3) is 2.83. The molecule has 0 aliphatic carbocycles. The Morgan fingerprint density at radius 3 is 2.86 bits per heavy atom. The zero-order valence-electron chi connectivity index (χ0n) is 11.6. The number of anilines is 2. The van der Waals surface area contributed by atoms with Gasteiger partial charge < -0.3 is 11.1 Å². The van der Waals surface area contributed by atoms with Gasteiger partial charge >= 0.3 is 0 Å². The van der Waals surface area contributed by atoms with E-state index in [1.807, 2.05) is 13.0 Å². The van der Waals surface area contributed by atoms with Crippen molar-refractivity contribution < 1.29 is 4.79 Å². The van der Waals surface area contributed by atoms with Gasteiger partial charge in [-0.05, 0) is 24.6 Å². The first-order valence-corrected chi connectivity index (χ1v) is 6.68. The number of amides is 1. The number of nitrogen functional groups attached to an aromatic ring is 1. The molecule has 0 radical (unpaired) electrons. The van der Waals surface area contributed by atoms with Crippen molar-refractivity contribution in [2.45, 2.75) is 13.3 Å². The number of halogens is 1. The van der Waals surface area contributed by atoms with Crippen LogP contribution in [-0.2, 0) is 13.5 Å². The minimum Gasteiger partial charge on any atom is -0.395 e. The summed E-state index contributed by atoms with van der Waals surface area (Å²) in [5, 5.41) is 16.3. The van der Waals surface area contributed by atoms with E-state index in [4.69, 9.17) is 22.6 Å². The molecule has 0 aliphatic heterocycles. The fourth-order valence-electron chi connectivity index (χ4n) is 2.03. The van der Waals surface area contributed by atoms with Gasteiger partial charge in [0.1, 0.15) is 11.8 Å². The Balaban J connectivity index is 2.37. The third-order valence-corrected chi connectivity index (χ3v) is 3.30. The number of aromatic nitrogens is 2. The number of hydrogen-bond donors (Lipinski definition) is 2. The zero-order chi connectivity index (χ0) is 15.6. The maximum absolute atomic E-state index is 12.4. The highest BCUT2D eigenvalue weighted by molar-refractivity contribution is 6.31. The summed E-state index contributed by atoms with van der Waals surface area (Å²) < 4.78 is 1.43. The predicted molar refractivity (Wildman–Crippen MR) is 81.1 cm³/mol. The van der Waals surface area contributed by atoms with Crippen LogP contribution in [0.3, 0.4) is 0 Å². The molecule has 0 unspecified atom stereocenters. The molecule has 0 fully saturated rings. The van der Waals surface area contributed by atoms with Gasteiger partial charge in [0, 0.05) is 12.1 Å². The van der Waals surface area contributed by atoms with Crippen LogP contribution in [0.2, 0.25) is 5.02 Å². The largest absolute Gasteiger partial charge is 0.395 e. The van der Waals surface area contributed by atoms with Gasteiger partial charge in [-0.3, -0.25) is 9.48 Å². The molecule has 1 amide bonds. The molecule has 108 valence electrons. The summed E-state index contributed by atoms with van der Waals surface area (Å²) in [6.45, 7) is 1.91. The number of rotatable bonds is 3. The predicted octanol–water partition coefficient (Wildman–Crippen LogP) is 2.34. The second kappa shape index (κ2) is 5.85. The molecule has 0 saturated carbocycles. The van der Waals surface area contributed by atoms with Gasteiger partial charge in [-0.25, -0.2) is 0 Å². The van der Waals surface area contributed by atoms with Crippen molar-refractivity contribution in [3.8, 4) is 6.07 Å². The molecular formula is C14H14ClN5O. The monoisotopic (exact) mass is 303 g/mol. The Morgan fingerprint density at radius 1 is 1.57 bits per heavy atom. The first kappa shape index (κ1) is 14.9. The fraction of sp³-hybridized carbons (Fsp3) is 0.214. The first-order valence-electron chi connectivity index (χ1n) is 6.30. The van der Waals surface area contributed by atoms with Gasteiger partial charge in [0.25, 0.3) is 5.91 Å². The van der Waals surface area contributed by atoms with Crippen molar-refractivity contribution in [2.24, 2.45) is 7.05 Å². The van der Waals surface area contributed by atoms with Gasteiger partial charge in [0.2, 0.25) is 0 Å². The minimum absolute atomic E-state index is 0.260. The van der Waals surface area contributed by atoms with E-state index in [0.717, 1.165) is 0 Å². The highest BCUT2D eigenvalue weighted by Gasteiger charge is 2.20. The van der Waals surface area contributed by atoms with Crippen molar-refractivity contribution >= 4 is 28.9 Å².